The smallest absolute Gasteiger partial charge is 0.226 e. The summed E-state index contributed by atoms with van der Waals surface area (Å²) in [5.74, 6) is 4.69. The fourth-order valence-corrected chi connectivity index (χ4v) is 4.20. The summed E-state index contributed by atoms with van der Waals surface area (Å²) in [5, 5.41) is 3.51. The van der Waals surface area contributed by atoms with Gasteiger partial charge in [0.2, 0.25) is 5.89 Å². The van der Waals surface area contributed by atoms with Gasteiger partial charge in [0.25, 0.3) is 0 Å². The first kappa shape index (κ1) is 18.1. The minimum atomic E-state index is 0.585. The van der Waals surface area contributed by atoms with Crippen LogP contribution in [0, 0.1) is 6.92 Å². The standard InChI is InChI=1S/C22H24N2O2S/c1-16-21(24-22(26-16)18-5-3-2-4-6-18)11-12-25-20-9-7-17(8-10-20)13-19-14-27-15-23-19/h2-10,19,23H,11-15H2,1H3. The molecule has 1 fully saturated rings. The van der Waals surface area contributed by atoms with E-state index in [1.807, 2.05) is 49.0 Å². The Morgan fingerprint density at radius 2 is 1.96 bits per heavy atom. The number of oxazole rings is 1. The molecule has 5 heteroatoms. The van der Waals surface area contributed by atoms with Crippen molar-refractivity contribution in [2.45, 2.75) is 25.8 Å². The largest absolute Gasteiger partial charge is 0.493 e. The number of aromatic nitrogens is 1. The van der Waals surface area contributed by atoms with Gasteiger partial charge in [-0.25, -0.2) is 4.98 Å². The molecule has 1 aromatic heterocycles. The fraction of sp³-hybridized carbons (Fsp3) is 0.318. The number of ether oxygens (including phenoxy) is 1. The molecule has 1 aliphatic rings. The zero-order valence-corrected chi connectivity index (χ0v) is 16.3. The Hall–Kier alpha value is -2.24. The van der Waals surface area contributed by atoms with Gasteiger partial charge in [-0.3, -0.25) is 0 Å². The number of benzene rings is 2. The van der Waals surface area contributed by atoms with Crippen LogP contribution in [0.1, 0.15) is 17.0 Å². The minimum absolute atomic E-state index is 0.585. The minimum Gasteiger partial charge on any atom is -0.493 e. The number of rotatable bonds is 7. The van der Waals surface area contributed by atoms with E-state index in [-0.39, 0.29) is 0 Å². The van der Waals surface area contributed by atoms with Crippen LogP contribution in [-0.4, -0.2) is 29.3 Å². The number of nitrogens with one attached hydrogen (secondary N) is 1. The van der Waals surface area contributed by atoms with Crippen molar-refractivity contribution in [1.29, 1.82) is 0 Å². The van der Waals surface area contributed by atoms with Crippen LogP contribution in [0.3, 0.4) is 0 Å². The molecule has 0 saturated carbocycles. The molecule has 0 bridgehead atoms. The van der Waals surface area contributed by atoms with E-state index in [1.54, 1.807) is 0 Å². The van der Waals surface area contributed by atoms with Crippen molar-refractivity contribution in [2.24, 2.45) is 0 Å². The van der Waals surface area contributed by atoms with Crippen molar-refractivity contribution >= 4 is 11.8 Å². The lowest BCUT2D eigenvalue weighted by atomic mass is 10.1. The van der Waals surface area contributed by atoms with Gasteiger partial charge >= 0.3 is 0 Å². The van der Waals surface area contributed by atoms with Gasteiger partial charge in [-0.1, -0.05) is 30.3 Å². The first-order chi connectivity index (χ1) is 13.3. The van der Waals surface area contributed by atoms with Gasteiger partial charge in [0.05, 0.1) is 12.3 Å². The maximum absolute atomic E-state index is 5.90. The van der Waals surface area contributed by atoms with Gasteiger partial charge in [-0.05, 0) is 43.2 Å². The van der Waals surface area contributed by atoms with Crippen molar-refractivity contribution < 1.29 is 9.15 Å². The molecule has 2 aromatic carbocycles. The molecule has 1 atom stereocenters. The summed E-state index contributed by atoms with van der Waals surface area (Å²) < 4.78 is 11.7. The van der Waals surface area contributed by atoms with Crippen molar-refractivity contribution in [3.8, 4) is 17.2 Å². The number of thioether (sulfide) groups is 1. The molecule has 1 saturated heterocycles. The summed E-state index contributed by atoms with van der Waals surface area (Å²) in [4.78, 5) is 4.63. The van der Waals surface area contributed by atoms with Gasteiger partial charge in [0, 0.05) is 29.7 Å². The Morgan fingerprint density at radius 3 is 2.70 bits per heavy atom. The molecule has 1 N–H and O–H groups in total. The van der Waals surface area contributed by atoms with E-state index in [4.69, 9.17) is 9.15 Å². The molecule has 4 nitrogen and oxygen atoms in total. The Balaban J connectivity index is 1.30. The Bertz CT molecular complexity index is 856. The van der Waals surface area contributed by atoms with Gasteiger partial charge < -0.3 is 14.5 Å². The van der Waals surface area contributed by atoms with Crippen LogP contribution >= 0.6 is 11.8 Å². The van der Waals surface area contributed by atoms with Crippen LogP contribution in [0.25, 0.3) is 11.5 Å². The SMILES string of the molecule is Cc1oc(-c2ccccc2)nc1CCOc1ccc(CC2CSCN2)cc1. The Kier molecular flexibility index (Phi) is 5.80. The van der Waals surface area contributed by atoms with Crippen LogP contribution in [0.15, 0.2) is 59.0 Å². The molecule has 4 rings (SSSR count). The van der Waals surface area contributed by atoms with E-state index in [9.17, 15) is 0 Å². The monoisotopic (exact) mass is 380 g/mol. The third kappa shape index (κ3) is 4.73. The summed E-state index contributed by atoms with van der Waals surface area (Å²) in [6.45, 7) is 2.54. The Labute approximate surface area is 164 Å². The zero-order valence-electron chi connectivity index (χ0n) is 15.5. The highest BCUT2D eigenvalue weighted by Crippen LogP contribution is 2.22. The van der Waals surface area contributed by atoms with Gasteiger partial charge in [-0.2, -0.15) is 0 Å². The van der Waals surface area contributed by atoms with Crippen molar-refractivity contribution in [1.82, 2.24) is 10.3 Å². The van der Waals surface area contributed by atoms with E-state index >= 15 is 0 Å². The molecule has 2 heterocycles. The van der Waals surface area contributed by atoms with Crippen LogP contribution in [0.5, 0.6) is 5.75 Å². The van der Waals surface area contributed by atoms with Crippen LogP contribution in [0.4, 0.5) is 0 Å². The van der Waals surface area contributed by atoms with Crippen LogP contribution in [0.2, 0.25) is 0 Å². The first-order valence-electron chi connectivity index (χ1n) is 9.32. The highest BCUT2D eigenvalue weighted by atomic mass is 32.2. The molecule has 3 aromatic rings. The topological polar surface area (TPSA) is 47.3 Å². The highest BCUT2D eigenvalue weighted by Gasteiger charge is 2.15. The molecule has 140 valence electrons. The summed E-state index contributed by atoms with van der Waals surface area (Å²) in [7, 11) is 0. The van der Waals surface area contributed by atoms with E-state index in [0.717, 1.165) is 41.5 Å². The fourth-order valence-electron chi connectivity index (χ4n) is 3.20. The van der Waals surface area contributed by atoms with Gasteiger partial charge in [-0.15, -0.1) is 11.8 Å². The van der Waals surface area contributed by atoms with E-state index in [2.05, 4.69) is 34.6 Å². The second kappa shape index (κ2) is 8.63. The second-order valence-corrected chi connectivity index (χ2v) is 7.78. The van der Waals surface area contributed by atoms with E-state index in [0.29, 0.717) is 18.5 Å². The van der Waals surface area contributed by atoms with Crippen molar-refractivity contribution in [2.75, 3.05) is 18.2 Å². The molecular formula is C22H24N2O2S. The van der Waals surface area contributed by atoms with E-state index in [1.165, 1.54) is 11.3 Å². The third-order valence-corrected chi connectivity index (χ3v) is 5.73. The molecule has 0 amide bonds. The molecule has 27 heavy (non-hydrogen) atoms. The number of nitrogens with zero attached hydrogens (tertiary/aromatic N) is 1. The summed E-state index contributed by atoms with van der Waals surface area (Å²) in [6.07, 6.45) is 1.81. The van der Waals surface area contributed by atoms with Crippen molar-refractivity contribution in [3.63, 3.8) is 0 Å². The molecule has 0 radical (unpaired) electrons. The Morgan fingerprint density at radius 1 is 1.15 bits per heavy atom. The normalized spacial score (nSPS) is 16.6. The average Bonchev–Trinajstić information content (AvgIpc) is 3.34. The number of hydrogen-bond donors (Lipinski definition) is 1. The molecule has 1 unspecified atom stereocenters. The number of hydrogen-bond acceptors (Lipinski definition) is 5. The lowest BCUT2D eigenvalue weighted by Crippen LogP contribution is -2.25. The van der Waals surface area contributed by atoms with Crippen molar-refractivity contribution in [3.05, 3.63) is 71.6 Å². The lowest BCUT2D eigenvalue weighted by Gasteiger charge is -2.10. The number of aryl methyl sites for hydroxylation is 1. The van der Waals surface area contributed by atoms with Crippen LogP contribution < -0.4 is 10.1 Å². The second-order valence-electron chi connectivity index (χ2n) is 6.75. The maximum Gasteiger partial charge on any atom is 0.226 e. The quantitative estimate of drug-likeness (QED) is 0.655. The predicted octanol–water partition coefficient (Wildman–Crippen LogP) is 4.48. The maximum atomic E-state index is 5.90. The van der Waals surface area contributed by atoms with Crippen LogP contribution in [-0.2, 0) is 12.8 Å². The zero-order chi connectivity index (χ0) is 18.5. The summed E-state index contributed by atoms with van der Waals surface area (Å²) in [6, 6.07) is 19.0. The van der Waals surface area contributed by atoms with Gasteiger partial charge in [0.15, 0.2) is 0 Å². The predicted molar refractivity (Wildman–Crippen MR) is 110 cm³/mol. The average molecular weight is 381 g/mol. The highest BCUT2D eigenvalue weighted by molar-refractivity contribution is 7.99. The van der Waals surface area contributed by atoms with Gasteiger partial charge in [0.1, 0.15) is 11.5 Å². The lowest BCUT2D eigenvalue weighted by molar-refractivity contribution is 0.320. The molecule has 0 spiro atoms. The molecular weight excluding hydrogens is 356 g/mol. The summed E-state index contributed by atoms with van der Waals surface area (Å²) >= 11 is 1.97. The van der Waals surface area contributed by atoms with E-state index < -0.39 is 0 Å². The summed E-state index contributed by atoms with van der Waals surface area (Å²) in [5.41, 5.74) is 3.30. The first-order valence-corrected chi connectivity index (χ1v) is 10.5. The molecule has 1 aliphatic heterocycles. The third-order valence-electron chi connectivity index (χ3n) is 4.72. The molecule has 0 aliphatic carbocycles.